The van der Waals surface area contributed by atoms with Crippen molar-refractivity contribution in [3.8, 4) is 17.4 Å². The van der Waals surface area contributed by atoms with E-state index in [0.29, 0.717) is 35.4 Å². The summed E-state index contributed by atoms with van der Waals surface area (Å²) >= 11 is 5.88. The minimum Gasteiger partial charge on any atom is -0.481 e. The van der Waals surface area contributed by atoms with Crippen LogP contribution >= 0.6 is 11.6 Å². The van der Waals surface area contributed by atoms with Crippen LogP contribution in [0.15, 0.2) is 55.0 Å². The average molecular weight is 544 g/mol. The van der Waals surface area contributed by atoms with Gasteiger partial charge in [-0.05, 0) is 25.1 Å². The first-order valence-electron chi connectivity index (χ1n) is 11.4. The third kappa shape index (κ3) is 6.27. The van der Waals surface area contributed by atoms with Crippen molar-refractivity contribution in [1.82, 2.24) is 34.7 Å². The third-order valence-electron chi connectivity index (χ3n) is 5.78. The number of rotatable bonds is 11. The molecule has 0 amide bonds. The number of halogens is 1. The Morgan fingerprint density at radius 1 is 1.03 bits per heavy atom. The van der Waals surface area contributed by atoms with Crippen molar-refractivity contribution in [2.24, 2.45) is 0 Å². The van der Waals surface area contributed by atoms with E-state index in [9.17, 15) is 8.42 Å². The molecular weight excluding hydrogens is 518 g/mol. The molecule has 0 N–H and O–H groups in total. The lowest BCUT2D eigenvalue weighted by Crippen LogP contribution is -2.30. The van der Waals surface area contributed by atoms with E-state index in [2.05, 4.69) is 30.1 Å². The van der Waals surface area contributed by atoms with Crippen molar-refractivity contribution in [3.05, 3.63) is 77.4 Å². The van der Waals surface area contributed by atoms with Crippen molar-refractivity contribution in [2.45, 2.75) is 37.0 Å². The van der Waals surface area contributed by atoms with Crippen LogP contribution in [0.3, 0.4) is 0 Å². The molecule has 0 fully saturated rings. The van der Waals surface area contributed by atoms with Crippen molar-refractivity contribution in [1.29, 1.82) is 0 Å². The fraction of sp³-hybridized carbons (Fsp3) is 0.333. The smallest absolute Gasteiger partial charge is 0.213 e. The number of hydrogen-bond acceptors (Lipinski definition) is 10. The van der Waals surface area contributed by atoms with Crippen LogP contribution in [-0.2, 0) is 33.3 Å². The highest BCUT2D eigenvalue weighted by Gasteiger charge is 2.34. The predicted octanol–water partition coefficient (Wildman–Crippen LogP) is 3.12. The standard InChI is InChI=1S/C24H26ClN7O4S/c1-16(22(36-3)23-27-13-17(25)14-28-23)37(33,34)15-20-30-31-24(19-8-6-9-21(29-19)35-2)32(20)12-10-18-7-4-5-11-26-18/h4-9,11,13-14,16,22H,10,12,15H2,1-3H3/t16-,22-/m0/s1. The lowest BCUT2D eigenvalue weighted by Gasteiger charge is -2.21. The lowest BCUT2D eigenvalue weighted by atomic mass is 10.2. The Morgan fingerprint density at radius 3 is 2.49 bits per heavy atom. The highest BCUT2D eigenvalue weighted by atomic mass is 35.5. The Labute approximate surface area is 219 Å². The maximum atomic E-state index is 13.5. The van der Waals surface area contributed by atoms with Crippen molar-refractivity contribution < 1.29 is 17.9 Å². The van der Waals surface area contributed by atoms with Gasteiger partial charge in [-0.1, -0.05) is 23.7 Å². The summed E-state index contributed by atoms with van der Waals surface area (Å²) in [5.74, 6) is 0.957. The van der Waals surface area contributed by atoms with Gasteiger partial charge in [0.15, 0.2) is 21.5 Å². The summed E-state index contributed by atoms with van der Waals surface area (Å²) in [4.78, 5) is 17.1. The maximum absolute atomic E-state index is 13.5. The first kappa shape index (κ1) is 26.6. The fourth-order valence-corrected chi connectivity index (χ4v) is 5.31. The second-order valence-corrected chi connectivity index (χ2v) is 11.0. The zero-order valence-corrected chi connectivity index (χ0v) is 22.1. The summed E-state index contributed by atoms with van der Waals surface area (Å²) in [7, 11) is -0.857. The van der Waals surface area contributed by atoms with Crippen LogP contribution in [0.2, 0.25) is 5.02 Å². The molecule has 0 saturated heterocycles. The van der Waals surface area contributed by atoms with Crippen LogP contribution < -0.4 is 4.74 Å². The van der Waals surface area contributed by atoms with Crippen LogP contribution in [0.4, 0.5) is 0 Å². The molecule has 11 nitrogen and oxygen atoms in total. The molecule has 0 aromatic carbocycles. The Hall–Kier alpha value is -3.48. The largest absolute Gasteiger partial charge is 0.481 e. The Balaban J connectivity index is 1.66. The van der Waals surface area contributed by atoms with E-state index in [0.717, 1.165) is 5.69 Å². The van der Waals surface area contributed by atoms with Gasteiger partial charge >= 0.3 is 0 Å². The first-order chi connectivity index (χ1) is 17.8. The molecule has 0 radical (unpaired) electrons. The topological polar surface area (TPSA) is 135 Å². The highest BCUT2D eigenvalue weighted by molar-refractivity contribution is 7.91. The number of ether oxygens (including phenoxy) is 2. The molecule has 13 heteroatoms. The summed E-state index contributed by atoms with van der Waals surface area (Å²) in [5.41, 5.74) is 1.36. The van der Waals surface area contributed by atoms with E-state index in [1.165, 1.54) is 26.6 Å². The van der Waals surface area contributed by atoms with Gasteiger partial charge in [0.25, 0.3) is 0 Å². The fourth-order valence-electron chi connectivity index (χ4n) is 3.77. The number of nitrogens with zero attached hydrogens (tertiary/aromatic N) is 7. The summed E-state index contributed by atoms with van der Waals surface area (Å²) in [6.45, 7) is 1.95. The van der Waals surface area contributed by atoms with Crippen LogP contribution in [0.25, 0.3) is 11.5 Å². The molecule has 4 aromatic heterocycles. The van der Waals surface area contributed by atoms with E-state index < -0.39 is 21.2 Å². The van der Waals surface area contributed by atoms with E-state index in [-0.39, 0.29) is 17.4 Å². The molecule has 0 bridgehead atoms. The zero-order valence-electron chi connectivity index (χ0n) is 20.5. The second kappa shape index (κ2) is 11.7. The van der Waals surface area contributed by atoms with E-state index in [4.69, 9.17) is 21.1 Å². The van der Waals surface area contributed by atoms with Gasteiger partial charge < -0.3 is 14.0 Å². The normalized spacial score (nSPS) is 13.3. The molecule has 0 aliphatic rings. The summed E-state index contributed by atoms with van der Waals surface area (Å²) in [5, 5.41) is 7.90. The molecule has 0 unspecified atom stereocenters. The molecule has 4 rings (SSSR count). The van der Waals surface area contributed by atoms with E-state index >= 15 is 0 Å². The van der Waals surface area contributed by atoms with E-state index in [1.54, 1.807) is 35.9 Å². The number of hydrogen-bond donors (Lipinski definition) is 0. The van der Waals surface area contributed by atoms with Gasteiger partial charge in [-0.2, -0.15) is 0 Å². The Bertz CT molecular complexity index is 1430. The molecule has 194 valence electrons. The van der Waals surface area contributed by atoms with Gasteiger partial charge in [0.05, 0.1) is 17.4 Å². The molecule has 0 spiro atoms. The molecule has 4 heterocycles. The van der Waals surface area contributed by atoms with Crippen LogP contribution in [-0.4, -0.2) is 62.6 Å². The third-order valence-corrected chi connectivity index (χ3v) is 8.01. The molecule has 4 aromatic rings. The summed E-state index contributed by atoms with van der Waals surface area (Å²) < 4.78 is 39.5. The van der Waals surface area contributed by atoms with Gasteiger partial charge in [0, 0.05) is 50.4 Å². The minimum absolute atomic E-state index is 0.223. The first-order valence-corrected chi connectivity index (χ1v) is 13.5. The van der Waals surface area contributed by atoms with Crippen LogP contribution in [0.1, 0.15) is 30.4 Å². The molecule has 0 aliphatic heterocycles. The molecule has 2 atom stereocenters. The van der Waals surface area contributed by atoms with Gasteiger partial charge in [-0.25, -0.2) is 23.4 Å². The van der Waals surface area contributed by atoms with Crippen molar-refractivity contribution in [3.63, 3.8) is 0 Å². The summed E-state index contributed by atoms with van der Waals surface area (Å²) in [6.07, 6.45) is 4.15. The van der Waals surface area contributed by atoms with Gasteiger partial charge in [0.1, 0.15) is 23.4 Å². The average Bonchev–Trinajstić information content (AvgIpc) is 3.31. The second-order valence-electron chi connectivity index (χ2n) is 8.16. The van der Waals surface area contributed by atoms with Gasteiger partial charge in [-0.3, -0.25) is 4.98 Å². The quantitative estimate of drug-likeness (QED) is 0.277. The Kier molecular flexibility index (Phi) is 8.41. The molecule has 37 heavy (non-hydrogen) atoms. The molecule has 0 saturated carbocycles. The van der Waals surface area contributed by atoms with Gasteiger partial charge in [-0.15, -0.1) is 10.2 Å². The number of aryl methyl sites for hydroxylation is 1. The zero-order chi connectivity index (χ0) is 26.4. The highest BCUT2D eigenvalue weighted by Crippen LogP contribution is 2.27. The van der Waals surface area contributed by atoms with E-state index in [1.807, 2.05) is 18.2 Å². The SMILES string of the molecule is COc1cccc(-c2nnc(CS(=O)(=O)[C@@H](C)[C@H](OC)c3ncc(Cl)cn3)n2CCc2ccccn2)n1. The van der Waals surface area contributed by atoms with Crippen molar-refractivity contribution >= 4 is 21.4 Å². The number of methoxy groups -OCH3 is 2. The predicted molar refractivity (Wildman–Crippen MR) is 137 cm³/mol. The monoisotopic (exact) mass is 543 g/mol. The Morgan fingerprint density at radius 2 is 1.81 bits per heavy atom. The number of pyridine rings is 2. The van der Waals surface area contributed by atoms with Crippen LogP contribution in [0, 0.1) is 0 Å². The van der Waals surface area contributed by atoms with Crippen molar-refractivity contribution in [2.75, 3.05) is 14.2 Å². The van der Waals surface area contributed by atoms with Crippen LogP contribution in [0.5, 0.6) is 5.88 Å². The molecular formula is C24H26ClN7O4S. The number of sulfone groups is 1. The number of aromatic nitrogens is 7. The lowest BCUT2D eigenvalue weighted by molar-refractivity contribution is 0.0948. The summed E-state index contributed by atoms with van der Waals surface area (Å²) in [6, 6.07) is 10.9. The maximum Gasteiger partial charge on any atom is 0.213 e. The minimum atomic E-state index is -3.79. The molecule has 0 aliphatic carbocycles. The van der Waals surface area contributed by atoms with Gasteiger partial charge in [0.2, 0.25) is 5.88 Å².